The molecule has 5 heteroatoms. The van der Waals surface area contributed by atoms with Crippen LogP contribution in [-0.2, 0) is 21.5 Å². The van der Waals surface area contributed by atoms with Crippen molar-refractivity contribution in [3.63, 3.8) is 0 Å². The molecule has 28 heavy (non-hydrogen) atoms. The highest BCUT2D eigenvalue weighted by molar-refractivity contribution is 6.30. The third-order valence-electron chi connectivity index (χ3n) is 5.74. The number of carbonyl (C=O) groups excluding carboxylic acids is 1. The molecule has 0 spiro atoms. The maximum absolute atomic E-state index is 12.6. The van der Waals surface area contributed by atoms with Crippen LogP contribution in [0.15, 0.2) is 47.1 Å². The topological polar surface area (TPSA) is 42.7 Å². The average molecular weight is 404 g/mol. The largest absolute Gasteiger partial charge is 0.467 e. The normalized spacial score (nSPS) is 21.4. The summed E-state index contributed by atoms with van der Waals surface area (Å²) in [7, 11) is 0. The van der Waals surface area contributed by atoms with Crippen LogP contribution in [0.25, 0.3) is 0 Å². The van der Waals surface area contributed by atoms with E-state index in [-0.39, 0.29) is 16.9 Å². The van der Waals surface area contributed by atoms with Crippen molar-refractivity contribution >= 4 is 17.5 Å². The van der Waals surface area contributed by atoms with E-state index >= 15 is 0 Å². The number of hydrogen-bond acceptors (Lipinski definition) is 3. The summed E-state index contributed by atoms with van der Waals surface area (Å²) in [6.45, 7) is 8.12. The molecule has 2 aromatic rings. The van der Waals surface area contributed by atoms with Crippen LogP contribution >= 0.6 is 11.6 Å². The van der Waals surface area contributed by atoms with Crippen molar-refractivity contribution in [3.8, 4) is 0 Å². The van der Waals surface area contributed by atoms with Crippen molar-refractivity contribution in [1.82, 2.24) is 4.90 Å². The quantitative estimate of drug-likeness (QED) is 0.605. The predicted molar refractivity (Wildman–Crippen MR) is 111 cm³/mol. The third-order valence-corrected chi connectivity index (χ3v) is 5.99. The van der Waals surface area contributed by atoms with Crippen LogP contribution in [0.4, 0.5) is 0 Å². The molecule has 0 saturated carbocycles. The van der Waals surface area contributed by atoms with Gasteiger partial charge in [-0.05, 0) is 62.9 Å². The number of ether oxygens (including phenoxy) is 1. The van der Waals surface area contributed by atoms with Crippen molar-refractivity contribution in [1.29, 1.82) is 0 Å². The first-order valence-electron chi connectivity index (χ1n) is 10.0. The van der Waals surface area contributed by atoms with Gasteiger partial charge in [0.05, 0.1) is 18.4 Å². The Balaban J connectivity index is 1.83. The predicted octanol–water partition coefficient (Wildman–Crippen LogP) is 5.59. The van der Waals surface area contributed by atoms with Crippen LogP contribution in [0.2, 0.25) is 5.02 Å². The number of furan rings is 1. The lowest BCUT2D eigenvalue weighted by atomic mass is 9.67. The van der Waals surface area contributed by atoms with Crippen LogP contribution in [0.1, 0.15) is 57.8 Å². The fraction of sp³-hybridized carbons (Fsp3) is 0.522. The molecule has 0 radical (unpaired) electrons. The van der Waals surface area contributed by atoms with Gasteiger partial charge in [0.2, 0.25) is 5.91 Å². The van der Waals surface area contributed by atoms with Gasteiger partial charge in [0.1, 0.15) is 5.76 Å². The van der Waals surface area contributed by atoms with Gasteiger partial charge in [-0.2, -0.15) is 0 Å². The van der Waals surface area contributed by atoms with Gasteiger partial charge >= 0.3 is 0 Å². The van der Waals surface area contributed by atoms with E-state index < -0.39 is 0 Å². The fourth-order valence-electron chi connectivity index (χ4n) is 4.34. The Hall–Kier alpha value is -1.78. The molecule has 3 rings (SSSR count). The first-order chi connectivity index (χ1) is 13.3. The first-order valence-corrected chi connectivity index (χ1v) is 10.4. The number of halogens is 1. The molecule has 1 fully saturated rings. The number of hydrogen-bond donors (Lipinski definition) is 0. The standard InChI is InChI=1S/C23H30ClNO3/c1-4-21(26)25(16-20-6-5-14-27-20)13-11-23(12-15-28-22(2,3)17-23)18-7-9-19(24)10-8-18/h5-10,14H,4,11-13,15-17H2,1-3H3/t23-/m1/s1. The van der Waals surface area contributed by atoms with Crippen LogP contribution in [0, 0.1) is 0 Å². The maximum atomic E-state index is 12.6. The average Bonchev–Trinajstić information content (AvgIpc) is 3.17. The van der Waals surface area contributed by atoms with E-state index in [1.54, 1.807) is 6.26 Å². The Morgan fingerprint density at radius 3 is 2.57 bits per heavy atom. The number of carbonyl (C=O) groups is 1. The summed E-state index contributed by atoms with van der Waals surface area (Å²) in [6, 6.07) is 11.9. The summed E-state index contributed by atoms with van der Waals surface area (Å²) < 4.78 is 11.5. The molecule has 1 atom stereocenters. The second-order valence-corrected chi connectivity index (χ2v) is 8.76. The van der Waals surface area contributed by atoms with Gasteiger partial charge in [-0.25, -0.2) is 0 Å². The van der Waals surface area contributed by atoms with E-state index in [1.165, 1.54) is 5.56 Å². The van der Waals surface area contributed by atoms with Gasteiger partial charge in [-0.15, -0.1) is 0 Å². The Labute approximate surface area is 172 Å². The molecule has 1 amide bonds. The molecular weight excluding hydrogens is 374 g/mol. The maximum Gasteiger partial charge on any atom is 0.222 e. The van der Waals surface area contributed by atoms with E-state index in [4.69, 9.17) is 20.8 Å². The summed E-state index contributed by atoms with van der Waals surface area (Å²) in [6.07, 6.45) is 4.88. The van der Waals surface area contributed by atoms with Gasteiger partial charge in [0, 0.05) is 30.0 Å². The fourth-order valence-corrected chi connectivity index (χ4v) is 4.47. The molecule has 0 N–H and O–H groups in total. The minimum Gasteiger partial charge on any atom is -0.467 e. The Morgan fingerprint density at radius 2 is 1.96 bits per heavy atom. The van der Waals surface area contributed by atoms with E-state index in [1.807, 2.05) is 36.1 Å². The van der Waals surface area contributed by atoms with Crippen molar-refractivity contribution < 1.29 is 13.9 Å². The lowest BCUT2D eigenvalue weighted by Crippen LogP contribution is -2.46. The molecule has 1 aromatic carbocycles. The highest BCUT2D eigenvalue weighted by Gasteiger charge is 2.42. The summed E-state index contributed by atoms with van der Waals surface area (Å²) in [5.74, 6) is 0.962. The molecular formula is C23H30ClNO3. The van der Waals surface area contributed by atoms with Gasteiger partial charge in [-0.3, -0.25) is 4.79 Å². The highest BCUT2D eigenvalue weighted by atomic mass is 35.5. The summed E-state index contributed by atoms with van der Waals surface area (Å²) in [5, 5.41) is 0.742. The smallest absolute Gasteiger partial charge is 0.222 e. The first kappa shape index (κ1) is 20.9. The van der Waals surface area contributed by atoms with E-state index in [2.05, 4.69) is 26.0 Å². The zero-order chi connectivity index (χ0) is 20.2. The molecule has 1 aromatic heterocycles. The SMILES string of the molecule is CCC(=O)N(CC[C@@]1(c2ccc(Cl)cc2)CCOC(C)(C)C1)Cc1ccco1. The van der Waals surface area contributed by atoms with E-state index in [0.717, 1.165) is 36.7 Å². The Morgan fingerprint density at radius 1 is 1.21 bits per heavy atom. The van der Waals surface area contributed by atoms with Crippen LogP contribution in [-0.4, -0.2) is 29.6 Å². The molecule has 0 unspecified atom stereocenters. The number of benzene rings is 1. The number of amides is 1. The summed E-state index contributed by atoms with van der Waals surface area (Å²) in [4.78, 5) is 14.5. The van der Waals surface area contributed by atoms with Gasteiger partial charge in [0.25, 0.3) is 0 Å². The van der Waals surface area contributed by atoms with E-state index in [9.17, 15) is 4.79 Å². The summed E-state index contributed by atoms with van der Waals surface area (Å²) in [5.41, 5.74) is 1.04. The third kappa shape index (κ3) is 4.98. The van der Waals surface area contributed by atoms with Crippen molar-refractivity contribution in [2.24, 2.45) is 0 Å². The highest BCUT2D eigenvalue weighted by Crippen LogP contribution is 2.44. The van der Waals surface area contributed by atoms with Crippen LogP contribution < -0.4 is 0 Å². The van der Waals surface area contributed by atoms with Crippen molar-refractivity contribution in [3.05, 3.63) is 59.0 Å². The second-order valence-electron chi connectivity index (χ2n) is 8.32. The molecule has 1 aliphatic heterocycles. The van der Waals surface area contributed by atoms with Gasteiger partial charge in [-0.1, -0.05) is 30.7 Å². The molecule has 1 saturated heterocycles. The second kappa shape index (κ2) is 8.71. The zero-order valence-electron chi connectivity index (χ0n) is 17.0. The lowest BCUT2D eigenvalue weighted by Gasteiger charge is -2.46. The molecule has 1 aliphatic rings. The lowest BCUT2D eigenvalue weighted by molar-refractivity contribution is -0.132. The molecule has 152 valence electrons. The van der Waals surface area contributed by atoms with Gasteiger partial charge in [0.15, 0.2) is 0 Å². The van der Waals surface area contributed by atoms with E-state index in [0.29, 0.717) is 19.5 Å². The van der Waals surface area contributed by atoms with Crippen LogP contribution in [0.3, 0.4) is 0 Å². The van der Waals surface area contributed by atoms with Crippen molar-refractivity contribution in [2.75, 3.05) is 13.2 Å². The minimum atomic E-state index is -0.196. The molecule has 0 aliphatic carbocycles. The molecule has 4 nitrogen and oxygen atoms in total. The summed E-state index contributed by atoms with van der Waals surface area (Å²) >= 11 is 6.13. The molecule has 2 heterocycles. The number of rotatable bonds is 7. The zero-order valence-corrected chi connectivity index (χ0v) is 17.8. The molecule has 0 bridgehead atoms. The van der Waals surface area contributed by atoms with Crippen molar-refractivity contribution in [2.45, 2.75) is 64.0 Å². The monoisotopic (exact) mass is 403 g/mol. The Kier molecular flexibility index (Phi) is 6.51. The number of nitrogens with zero attached hydrogens (tertiary/aromatic N) is 1. The van der Waals surface area contributed by atoms with Crippen LogP contribution in [0.5, 0.6) is 0 Å². The van der Waals surface area contributed by atoms with Gasteiger partial charge < -0.3 is 14.1 Å². The Bertz CT molecular complexity index is 770. The minimum absolute atomic E-state index is 0.0399.